The Morgan fingerprint density at radius 3 is 0.986 bits per heavy atom. The van der Waals surface area contributed by atoms with E-state index in [9.17, 15) is 55.2 Å². The zero-order valence-electron chi connectivity index (χ0n) is 86.9. The Morgan fingerprint density at radius 1 is 0.395 bits per heavy atom. The van der Waals surface area contributed by atoms with E-state index in [1.54, 1.807) is 102 Å². The number of hydrogen-bond acceptors (Lipinski definition) is 16. The summed E-state index contributed by atoms with van der Waals surface area (Å²) in [5.74, 6) is 1.46. The minimum Gasteiger partial charge on any atom is -0.375 e. The van der Waals surface area contributed by atoms with Crippen LogP contribution in [0, 0.1) is 112 Å². The molecule has 8 atom stereocenters. The second-order valence-electron chi connectivity index (χ2n) is 42.5. The normalized spacial score (nSPS) is 19.4. The quantitative estimate of drug-likeness (QED) is 0.0403. The lowest BCUT2D eigenvalue weighted by atomic mass is 9.80. The van der Waals surface area contributed by atoms with E-state index in [-0.39, 0.29) is 104 Å². The van der Waals surface area contributed by atoms with E-state index in [4.69, 9.17) is 25.8 Å². The van der Waals surface area contributed by atoms with Crippen LogP contribution in [0.1, 0.15) is 287 Å². The summed E-state index contributed by atoms with van der Waals surface area (Å²) in [5.41, 5.74) is 15.0. The van der Waals surface area contributed by atoms with Crippen LogP contribution in [-0.4, -0.2) is 133 Å². The molecule has 0 N–H and O–H groups in total. The van der Waals surface area contributed by atoms with Crippen molar-refractivity contribution in [3.05, 3.63) is 307 Å². The molecule has 8 aromatic heterocycles. The largest absolute Gasteiger partial charge is 0.417 e. The summed E-state index contributed by atoms with van der Waals surface area (Å²) in [6, 6.07) is 31.5. The summed E-state index contributed by atoms with van der Waals surface area (Å²) < 4.78 is 110. The molecule has 6 fully saturated rings. The fourth-order valence-electron chi connectivity index (χ4n) is 23.8. The van der Waals surface area contributed by atoms with Gasteiger partial charge in [-0.2, -0.15) is 47.4 Å². The maximum Gasteiger partial charge on any atom is 0.417 e. The number of rotatable bonds is 24. The van der Waals surface area contributed by atoms with Crippen molar-refractivity contribution in [3.63, 3.8) is 0 Å². The predicted molar refractivity (Wildman–Crippen MR) is 562 cm³/mol. The van der Waals surface area contributed by atoms with Crippen LogP contribution in [0.4, 0.5) is 30.7 Å². The van der Waals surface area contributed by atoms with Crippen molar-refractivity contribution < 1.29 is 49.9 Å². The molecule has 20 nitrogen and oxygen atoms in total. The number of hydrogen-bond donors (Lipinski definition) is 0. The third kappa shape index (κ3) is 22.9. The van der Waals surface area contributed by atoms with Gasteiger partial charge in [-0.1, -0.05) is 150 Å². The van der Waals surface area contributed by atoms with Crippen LogP contribution in [0.25, 0.3) is 44.1 Å². The molecular formula is C120H133F7N16O4. The highest BCUT2D eigenvalue weighted by molar-refractivity contribution is 6.02. The summed E-state index contributed by atoms with van der Waals surface area (Å²) >= 11 is 0. The van der Waals surface area contributed by atoms with E-state index >= 15 is 0 Å². The number of Topliss-reactive ketones (excluding diaryl/α,β-unsaturated/α-hetero) is 4. The zero-order valence-corrected chi connectivity index (χ0v) is 86.9. The van der Waals surface area contributed by atoms with Gasteiger partial charge in [0.25, 0.3) is 0 Å². The van der Waals surface area contributed by atoms with Gasteiger partial charge in [0.15, 0.2) is 29.0 Å². The number of benzene rings is 4. The minimum atomic E-state index is -4.77. The first-order valence-electron chi connectivity index (χ1n) is 51.5. The Balaban J connectivity index is 0.000000147. The first-order valence-corrected chi connectivity index (χ1v) is 51.5. The number of carbonyl (C=O) groups excluding carboxylic acids is 4. The van der Waals surface area contributed by atoms with Gasteiger partial charge in [0.05, 0.1) is 57.2 Å². The number of carbonyl (C=O) groups is 4. The van der Waals surface area contributed by atoms with E-state index in [1.807, 2.05) is 25.4 Å². The van der Waals surface area contributed by atoms with Gasteiger partial charge < -0.3 is 37.9 Å². The van der Waals surface area contributed by atoms with Crippen LogP contribution in [0.3, 0.4) is 0 Å². The Kier molecular flexibility index (Phi) is 32.9. The molecular weight excluding hydrogens is 1860 g/mol. The predicted octanol–water partition coefficient (Wildman–Crippen LogP) is 25.7. The van der Waals surface area contributed by atoms with E-state index in [0.29, 0.717) is 94.3 Å². The Bertz CT molecular complexity index is 7260. The summed E-state index contributed by atoms with van der Waals surface area (Å²) in [6.07, 6.45) is 17.5. The molecule has 12 heterocycles. The molecule has 0 radical (unpaired) electrons. The van der Waals surface area contributed by atoms with Crippen molar-refractivity contribution in [2.75, 3.05) is 52.4 Å². The van der Waals surface area contributed by atoms with Gasteiger partial charge in [0.1, 0.15) is 28.7 Å². The van der Waals surface area contributed by atoms with Gasteiger partial charge in [-0.15, -0.1) is 0 Å². The third-order valence-corrected chi connectivity index (χ3v) is 32.1. The van der Waals surface area contributed by atoms with Gasteiger partial charge >= 0.3 is 12.4 Å². The molecule has 27 heteroatoms. The fraction of sp³-hybridized carbons (Fsp3) is 0.433. The number of ketones is 4. The molecule has 2 aliphatic carbocycles. The first kappa shape index (κ1) is 107. The van der Waals surface area contributed by atoms with Crippen LogP contribution in [0.2, 0.25) is 0 Å². The number of halogens is 7. The van der Waals surface area contributed by atoms with Gasteiger partial charge in [-0.25, -0.2) is 24.3 Å². The summed E-state index contributed by atoms with van der Waals surface area (Å²) in [4.78, 5) is 79.9. The lowest BCUT2D eigenvalue weighted by Crippen LogP contribution is -2.39. The Labute approximate surface area is 858 Å². The van der Waals surface area contributed by atoms with Crippen molar-refractivity contribution in [1.29, 1.82) is 21.0 Å². The van der Waals surface area contributed by atoms with E-state index < -0.39 is 59.3 Å². The highest BCUT2D eigenvalue weighted by atomic mass is 19.4. The molecule has 0 spiro atoms. The molecule has 0 unspecified atom stereocenters. The number of aromatic nitrogens is 8. The molecule has 4 aromatic carbocycles. The molecule has 2 saturated carbocycles. The molecule has 0 amide bonds. The highest BCUT2D eigenvalue weighted by Crippen LogP contribution is 2.50. The molecule has 18 rings (SSSR count). The molecule has 766 valence electrons. The monoisotopic (exact) mass is 2000 g/mol. The van der Waals surface area contributed by atoms with Crippen LogP contribution in [0.15, 0.2) is 190 Å². The number of allylic oxidation sites excluding steroid dienone is 4. The maximum atomic E-state index is 14.7. The molecule has 12 aromatic rings. The lowest BCUT2D eigenvalue weighted by Gasteiger charge is -2.41. The second-order valence-corrected chi connectivity index (χ2v) is 42.5. The summed E-state index contributed by atoms with van der Waals surface area (Å²) in [5, 5.41) is 39.1. The van der Waals surface area contributed by atoms with Crippen molar-refractivity contribution in [1.82, 2.24) is 57.8 Å². The average molecular weight is 2000 g/mol. The fourth-order valence-corrected chi connectivity index (χ4v) is 23.8. The van der Waals surface area contributed by atoms with E-state index in [2.05, 4.69) is 166 Å². The molecule has 4 aliphatic heterocycles. The number of nitriles is 4. The Hall–Kier alpha value is -14.1. The van der Waals surface area contributed by atoms with Crippen LogP contribution in [0.5, 0.6) is 0 Å². The van der Waals surface area contributed by atoms with Crippen LogP contribution < -0.4 is 0 Å². The minimum absolute atomic E-state index is 0.00713. The van der Waals surface area contributed by atoms with Crippen molar-refractivity contribution >= 4 is 67.3 Å². The lowest BCUT2D eigenvalue weighted by molar-refractivity contribution is -0.137. The number of alkyl halides is 6. The number of aryl methyl sites for hydroxylation is 6. The van der Waals surface area contributed by atoms with Crippen molar-refractivity contribution in [3.8, 4) is 24.3 Å². The van der Waals surface area contributed by atoms with Crippen LogP contribution >= 0.6 is 0 Å². The smallest absolute Gasteiger partial charge is 0.375 e. The van der Waals surface area contributed by atoms with Crippen molar-refractivity contribution in [2.45, 2.75) is 208 Å². The number of nitrogens with zero attached hydrogens (tertiary/aromatic N) is 16. The first-order chi connectivity index (χ1) is 70.0. The van der Waals surface area contributed by atoms with Crippen molar-refractivity contribution in [2.24, 2.45) is 75.5 Å². The maximum absolute atomic E-state index is 14.7. The number of likely N-dealkylation sites (tertiary alicyclic amines) is 4. The summed E-state index contributed by atoms with van der Waals surface area (Å²) in [7, 11) is 7.50. The Morgan fingerprint density at radius 2 is 0.680 bits per heavy atom. The SMILES string of the molecule is C=C(C(C)C)N1CC[C@@H](c2cn(C)c3ncc(CC(=O)c4cccc(C#N)c4)c(C)c23)[C@@H](C)C1.C=C(C(C)C)N1CC[C@@H](c2cn(C)c3ncc(CC(=O)c4cccc(C#N)c4F)c(C(F)(F)F)c23)[C@@H](C)C1.C=C(C1CCCC1)N1CC[C@@H](c2cn(C)c3ncc(CC(=O)c4cccc(C#N)c4)c(C(F)(F)F)c23)[C@@H](C)C1.C=C(C1CCCC1)N1CC[C@@H](c2cn(C)c3ncc(CC(=O)c4cccc(C#N)c4)c(C)c23)[C@@H](C)C1. The number of fused-ring (bicyclic) bond motifs is 4. The van der Waals surface area contributed by atoms with Gasteiger partial charge in [0.2, 0.25) is 0 Å². The van der Waals surface area contributed by atoms with Crippen LogP contribution in [-0.2, 0) is 66.2 Å². The second kappa shape index (κ2) is 45.1. The standard InChI is InChI=1S/C31H33F3N4O.C31H36N4O.C29H30F4N4O.C29H34N4O/c1-19-17-38(20(2)22-8-4-5-9-22)12-11-25(19)26-18-37(3)30-28(26)29(31(32,33)34)24(16-36-30)14-27(39)23-10-6-7-21(13-23)15-35;1-20-18-35(22(3)24-9-5-6-10-24)13-12-27(20)28-19-34(4)31-30(28)21(2)26(17-33-31)15-29(36)25-11-7-8-23(14-25)16-32;1-16(2)18(4)37-10-9-21(17(3)14-37)23-15-36(5)28-25(23)26(29(31,32)33)20(13-35-28)11-24(38)22-8-6-7-19(12-34)27(22)30;1-18(2)21(5)33-11-10-25(19(3)16-33)26-17-32(6)29-28(26)20(4)24(15-31-29)13-27(34)23-9-7-8-22(12-23)14-30/h6-7,10,13,16,18-19,22,25H,2,4-5,8-9,11-12,14,17H2,1,3H3;7-8,11,14,17,19-20,24,27H,3,5-6,9-10,12-13,15,18H2,1-2,4H3;6-8,13,15-17,21H,4,9-11,14H2,1-3,5H3;7-9,12,15,17-19,25H,5,10-11,13,16H2,1-4,6H3/t19-,25+;20-,27+;17-,21+;19-,25+/m0000/s1. The van der Waals surface area contributed by atoms with Gasteiger partial charge in [-0.05, 0) is 240 Å². The van der Waals surface area contributed by atoms with Gasteiger partial charge in [-0.3, -0.25) is 19.2 Å². The molecule has 4 saturated heterocycles. The molecule has 6 aliphatic rings. The topological polar surface area (TPSA) is 248 Å². The molecule has 0 bridgehead atoms. The van der Waals surface area contributed by atoms with E-state index in [0.717, 1.165) is 104 Å². The van der Waals surface area contributed by atoms with E-state index in [1.165, 1.54) is 127 Å². The highest BCUT2D eigenvalue weighted by Gasteiger charge is 2.45. The zero-order chi connectivity index (χ0) is 106. The third-order valence-electron chi connectivity index (χ3n) is 32.1. The average Bonchev–Trinajstić information content (AvgIpc) is 1.62. The number of piperidine rings is 4. The molecule has 147 heavy (non-hydrogen) atoms. The number of pyridine rings is 4. The summed E-state index contributed by atoms with van der Waals surface area (Å²) in [6.45, 7) is 46.0. The van der Waals surface area contributed by atoms with Gasteiger partial charge in [0, 0.05) is 217 Å².